The Balaban J connectivity index is 1.91. The second-order valence-corrected chi connectivity index (χ2v) is 5.01. The topological polar surface area (TPSA) is 12.0 Å². The van der Waals surface area contributed by atoms with E-state index in [0.29, 0.717) is 6.04 Å². The van der Waals surface area contributed by atoms with Gasteiger partial charge in [0, 0.05) is 12.1 Å². The van der Waals surface area contributed by atoms with Crippen LogP contribution in [0.1, 0.15) is 56.7 Å². The van der Waals surface area contributed by atoms with Crippen molar-refractivity contribution in [1.29, 1.82) is 0 Å². The van der Waals surface area contributed by atoms with Crippen LogP contribution < -0.4 is 5.32 Å². The first-order valence-corrected chi connectivity index (χ1v) is 6.64. The van der Waals surface area contributed by atoms with Gasteiger partial charge in [-0.15, -0.1) is 0 Å². The number of hydrogen-bond donors (Lipinski definition) is 1. The number of hydrogen-bond acceptors (Lipinski definition) is 1. The van der Waals surface area contributed by atoms with Gasteiger partial charge in [0.15, 0.2) is 0 Å². The average Bonchev–Trinajstić information content (AvgIpc) is 2.25. The van der Waals surface area contributed by atoms with Crippen molar-refractivity contribution < 1.29 is 0 Å². The normalized spacial score (nSPS) is 18.1. The van der Waals surface area contributed by atoms with E-state index < -0.39 is 0 Å². The Morgan fingerprint density at radius 1 is 1.25 bits per heavy atom. The molecule has 1 heteroatoms. The van der Waals surface area contributed by atoms with Crippen LogP contribution in [-0.2, 0) is 6.42 Å². The molecule has 0 saturated heterocycles. The van der Waals surface area contributed by atoms with Crippen molar-refractivity contribution >= 4 is 0 Å². The maximum absolute atomic E-state index is 3.68. The van der Waals surface area contributed by atoms with Crippen molar-refractivity contribution in [2.45, 2.75) is 58.0 Å². The highest BCUT2D eigenvalue weighted by Gasteiger charge is 2.19. The van der Waals surface area contributed by atoms with Crippen molar-refractivity contribution in [3.63, 3.8) is 0 Å². The van der Waals surface area contributed by atoms with E-state index in [2.05, 4.69) is 43.4 Å². The summed E-state index contributed by atoms with van der Waals surface area (Å²) in [6.07, 6.45) is 6.55. The Labute approximate surface area is 99.3 Å². The van der Waals surface area contributed by atoms with Gasteiger partial charge in [-0.1, -0.05) is 44.0 Å². The quantitative estimate of drug-likeness (QED) is 0.790. The molecule has 0 spiro atoms. The number of nitrogens with one attached hydrogen (secondary N) is 1. The Morgan fingerprint density at radius 2 is 1.94 bits per heavy atom. The average molecular weight is 217 g/mol. The van der Waals surface area contributed by atoms with E-state index in [9.17, 15) is 0 Å². The van der Waals surface area contributed by atoms with E-state index in [1.54, 1.807) is 0 Å². The second kappa shape index (κ2) is 5.49. The Bertz CT molecular complexity index is 311. The van der Waals surface area contributed by atoms with E-state index >= 15 is 0 Å². The third kappa shape index (κ3) is 2.85. The van der Waals surface area contributed by atoms with Crippen LogP contribution in [0.15, 0.2) is 24.3 Å². The molecule has 1 aliphatic rings. The van der Waals surface area contributed by atoms with Crippen LogP contribution in [0.3, 0.4) is 0 Å². The Kier molecular flexibility index (Phi) is 4.00. The van der Waals surface area contributed by atoms with Crippen LogP contribution in [0.2, 0.25) is 0 Å². The molecule has 1 unspecified atom stereocenters. The molecular weight excluding hydrogens is 194 g/mol. The third-order valence-corrected chi connectivity index (χ3v) is 3.61. The molecule has 1 nitrogen and oxygen atoms in total. The maximum atomic E-state index is 3.68. The van der Waals surface area contributed by atoms with Crippen LogP contribution >= 0.6 is 0 Å². The van der Waals surface area contributed by atoms with Gasteiger partial charge in [-0.2, -0.15) is 0 Å². The highest BCUT2D eigenvalue weighted by Crippen LogP contribution is 2.23. The smallest absolute Gasteiger partial charge is 0.0294 e. The van der Waals surface area contributed by atoms with E-state index in [4.69, 9.17) is 0 Å². The molecule has 0 aromatic heterocycles. The summed E-state index contributed by atoms with van der Waals surface area (Å²) in [7, 11) is 0. The molecule has 0 aliphatic heterocycles. The van der Waals surface area contributed by atoms with E-state index in [0.717, 1.165) is 6.04 Å². The van der Waals surface area contributed by atoms with Crippen LogP contribution in [0.25, 0.3) is 0 Å². The Morgan fingerprint density at radius 3 is 2.44 bits per heavy atom. The highest BCUT2D eigenvalue weighted by molar-refractivity contribution is 5.25. The van der Waals surface area contributed by atoms with Crippen LogP contribution in [-0.4, -0.2) is 6.04 Å². The van der Waals surface area contributed by atoms with Crippen LogP contribution in [0.5, 0.6) is 0 Å². The monoisotopic (exact) mass is 217 g/mol. The highest BCUT2D eigenvalue weighted by atomic mass is 15.0. The standard InChI is InChI=1S/C15H23N/c1-3-5-13-8-10-14(11-9-13)12(2)16-15-6-4-7-15/h8-12,15-16H,3-7H2,1-2H3. The van der Waals surface area contributed by atoms with Crippen molar-refractivity contribution in [2.75, 3.05) is 0 Å². The zero-order chi connectivity index (χ0) is 11.4. The molecule has 1 saturated carbocycles. The van der Waals surface area contributed by atoms with Gasteiger partial charge in [-0.25, -0.2) is 0 Å². The molecule has 2 rings (SSSR count). The Hall–Kier alpha value is -0.820. The predicted octanol–water partition coefficient (Wildman–Crippen LogP) is 3.84. The zero-order valence-electron chi connectivity index (χ0n) is 10.5. The van der Waals surface area contributed by atoms with Gasteiger partial charge in [-0.05, 0) is 37.3 Å². The minimum Gasteiger partial charge on any atom is -0.307 e. The second-order valence-electron chi connectivity index (χ2n) is 5.01. The molecule has 88 valence electrons. The molecule has 1 aromatic rings. The summed E-state index contributed by atoms with van der Waals surface area (Å²) < 4.78 is 0. The fourth-order valence-electron chi connectivity index (χ4n) is 2.29. The lowest BCUT2D eigenvalue weighted by Gasteiger charge is -2.30. The van der Waals surface area contributed by atoms with Crippen LogP contribution in [0.4, 0.5) is 0 Å². The molecule has 0 radical (unpaired) electrons. The SMILES string of the molecule is CCCc1ccc(C(C)NC2CCC2)cc1. The summed E-state index contributed by atoms with van der Waals surface area (Å²) in [5, 5.41) is 3.68. The van der Waals surface area contributed by atoms with Gasteiger partial charge in [0.1, 0.15) is 0 Å². The molecule has 0 amide bonds. The molecule has 1 aliphatic carbocycles. The lowest BCUT2D eigenvalue weighted by molar-refractivity contribution is 0.313. The van der Waals surface area contributed by atoms with Gasteiger partial charge in [-0.3, -0.25) is 0 Å². The third-order valence-electron chi connectivity index (χ3n) is 3.61. The molecule has 0 bridgehead atoms. The molecule has 1 atom stereocenters. The van der Waals surface area contributed by atoms with Gasteiger partial charge in [0.25, 0.3) is 0 Å². The van der Waals surface area contributed by atoms with Gasteiger partial charge >= 0.3 is 0 Å². The molecule has 16 heavy (non-hydrogen) atoms. The van der Waals surface area contributed by atoms with Crippen molar-refractivity contribution in [3.8, 4) is 0 Å². The fraction of sp³-hybridized carbons (Fsp3) is 0.600. The minimum absolute atomic E-state index is 0.501. The minimum atomic E-state index is 0.501. The summed E-state index contributed by atoms with van der Waals surface area (Å²) in [5.41, 5.74) is 2.88. The lowest BCUT2D eigenvalue weighted by atomic mass is 9.91. The predicted molar refractivity (Wildman–Crippen MR) is 69.6 cm³/mol. The number of benzene rings is 1. The largest absolute Gasteiger partial charge is 0.307 e. The molecule has 1 N–H and O–H groups in total. The first-order chi connectivity index (χ1) is 7.79. The summed E-state index contributed by atoms with van der Waals surface area (Å²) in [6, 6.07) is 10.4. The van der Waals surface area contributed by atoms with E-state index in [1.165, 1.54) is 43.2 Å². The van der Waals surface area contributed by atoms with Crippen LogP contribution in [0, 0.1) is 0 Å². The van der Waals surface area contributed by atoms with E-state index in [-0.39, 0.29) is 0 Å². The van der Waals surface area contributed by atoms with E-state index in [1.807, 2.05) is 0 Å². The molecular formula is C15H23N. The summed E-state index contributed by atoms with van der Waals surface area (Å²) in [4.78, 5) is 0. The first kappa shape index (κ1) is 11.7. The van der Waals surface area contributed by atoms with Crippen molar-refractivity contribution in [2.24, 2.45) is 0 Å². The lowest BCUT2D eigenvalue weighted by Crippen LogP contribution is -2.36. The maximum Gasteiger partial charge on any atom is 0.0294 e. The zero-order valence-corrected chi connectivity index (χ0v) is 10.5. The molecule has 1 fully saturated rings. The number of rotatable bonds is 5. The summed E-state index contributed by atoms with van der Waals surface area (Å²) >= 11 is 0. The molecule has 0 heterocycles. The summed E-state index contributed by atoms with van der Waals surface area (Å²) in [5.74, 6) is 0. The molecule has 1 aromatic carbocycles. The van der Waals surface area contributed by atoms with Gasteiger partial charge in [0.05, 0.1) is 0 Å². The summed E-state index contributed by atoms with van der Waals surface area (Å²) in [6.45, 7) is 4.50. The van der Waals surface area contributed by atoms with Crippen molar-refractivity contribution in [1.82, 2.24) is 5.32 Å². The first-order valence-electron chi connectivity index (χ1n) is 6.64. The van der Waals surface area contributed by atoms with Gasteiger partial charge < -0.3 is 5.32 Å². The van der Waals surface area contributed by atoms with Gasteiger partial charge in [0.2, 0.25) is 0 Å². The van der Waals surface area contributed by atoms with Crippen molar-refractivity contribution in [3.05, 3.63) is 35.4 Å². The number of aryl methyl sites for hydroxylation is 1. The fourth-order valence-corrected chi connectivity index (χ4v) is 2.29.